The van der Waals surface area contributed by atoms with Crippen LogP contribution in [0, 0.1) is 13.8 Å². The summed E-state index contributed by atoms with van der Waals surface area (Å²) in [6, 6.07) is 12.1. The van der Waals surface area contributed by atoms with E-state index in [1.807, 2.05) is 46.8 Å². The summed E-state index contributed by atoms with van der Waals surface area (Å²) in [5, 5.41) is 1.93. The predicted molar refractivity (Wildman–Crippen MR) is 101 cm³/mol. The number of amides is 2. The molecule has 0 unspecified atom stereocenters. The third-order valence-corrected chi connectivity index (χ3v) is 4.28. The van der Waals surface area contributed by atoms with Crippen LogP contribution in [0.4, 0.5) is 0 Å². The number of halogens is 1. The highest BCUT2D eigenvalue weighted by Crippen LogP contribution is 2.20. The maximum atomic E-state index is 13.1. The molecule has 2 amide bonds. The summed E-state index contributed by atoms with van der Waals surface area (Å²) in [5.41, 5.74) is 5.10. The summed E-state index contributed by atoms with van der Waals surface area (Å²) in [7, 11) is 0. The van der Waals surface area contributed by atoms with Gasteiger partial charge in [-0.15, -0.1) is 0 Å². The first-order valence-corrected chi connectivity index (χ1v) is 8.46. The molecule has 0 aromatic heterocycles. The highest BCUT2D eigenvalue weighted by Gasteiger charge is 2.30. The Balaban J connectivity index is 2.33. The average Bonchev–Trinajstić information content (AvgIpc) is 2.54. The molecule has 2 aromatic carbocycles. The topological polar surface area (TPSA) is 49.4 Å². The van der Waals surface area contributed by atoms with E-state index in [1.165, 1.54) is 5.01 Å². The molecule has 0 radical (unpaired) electrons. The van der Waals surface area contributed by atoms with Crippen molar-refractivity contribution in [1.29, 1.82) is 0 Å². The Labute approximate surface area is 153 Å². The standard InChI is InChI=1S/C20H23ClN2O2/c1-13-7-6-8-17(14(13)2)19(25)23(20(3,4)5)22-18(24)15-9-11-16(21)12-10-15/h6-12H,1-5H3,(H,22,24). The molecular weight excluding hydrogens is 336 g/mol. The van der Waals surface area contributed by atoms with Gasteiger partial charge in [-0.05, 0) is 76.1 Å². The van der Waals surface area contributed by atoms with Gasteiger partial charge in [0.15, 0.2) is 0 Å². The second kappa shape index (κ2) is 7.28. The second-order valence-electron chi connectivity index (χ2n) is 7.01. The number of carbonyl (C=O) groups excluding carboxylic acids is 2. The number of benzene rings is 2. The number of aryl methyl sites for hydroxylation is 1. The molecule has 0 aliphatic carbocycles. The lowest BCUT2D eigenvalue weighted by Gasteiger charge is -2.36. The average molecular weight is 359 g/mol. The molecule has 0 atom stereocenters. The molecule has 0 spiro atoms. The summed E-state index contributed by atoms with van der Waals surface area (Å²) in [4.78, 5) is 25.6. The third kappa shape index (κ3) is 4.40. The van der Waals surface area contributed by atoms with Crippen LogP contribution < -0.4 is 5.43 Å². The van der Waals surface area contributed by atoms with Gasteiger partial charge >= 0.3 is 0 Å². The van der Waals surface area contributed by atoms with Gasteiger partial charge in [-0.2, -0.15) is 0 Å². The molecule has 0 bridgehead atoms. The van der Waals surface area contributed by atoms with E-state index in [4.69, 9.17) is 11.6 Å². The monoisotopic (exact) mass is 358 g/mol. The lowest BCUT2D eigenvalue weighted by atomic mass is 10.0. The zero-order chi connectivity index (χ0) is 18.8. The van der Waals surface area contributed by atoms with Crippen molar-refractivity contribution in [3.8, 4) is 0 Å². The van der Waals surface area contributed by atoms with Gasteiger partial charge in [-0.1, -0.05) is 23.7 Å². The van der Waals surface area contributed by atoms with E-state index in [0.29, 0.717) is 16.1 Å². The number of hydrazine groups is 1. The van der Waals surface area contributed by atoms with E-state index >= 15 is 0 Å². The van der Waals surface area contributed by atoms with Gasteiger partial charge in [0.05, 0.1) is 5.54 Å². The van der Waals surface area contributed by atoms with Crippen LogP contribution >= 0.6 is 11.6 Å². The summed E-state index contributed by atoms with van der Waals surface area (Å²) in [5.74, 6) is -0.596. The van der Waals surface area contributed by atoms with Crippen LogP contribution in [0.1, 0.15) is 52.6 Å². The molecule has 0 heterocycles. The predicted octanol–water partition coefficient (Wildman–Crippen LogP) is 4.54. The van der Waals surface area contributed by atoms with E-state index in [1.54, 1.807) is 30.3 Å². The quantitative estimate of drug-likeness (QED) is 0.801. The largest absolute Gasteiger partial charge is 0.273 e. The minimum absolute atomic E-state index is 0.240. The van der Waals surface area contributed by atoms with Gasteiger partial charge in [0, 0.05) is 16.1 Å². The molecule has 25 heavy (non-hydrogen) atoms. The Morgan fingerprint density at radius 2 is 1.60 bits per heavy atom. The summed E-state index contributed by atoms with van der Waals surface area (Å²) < 4.78 is 0. The van der Waals surface area contributed by atoms with E-state index in [2.05, 4.69) is 5.43 Å². The maximum Gasteiger partial charge on any atom is 0.273 e. The molecule has 0 saturated heterocycles. The van der Waals surface area contributed by atoms with Crippen molar-refractivity contribution in [1.82, 2.24) is 10.4 Å². The van der Waals surface area contributed by atoms with Crippen LogP contribution in [0.5, 0.6) is 0 Å². The number of hydrogen-bond acceptors (Lipinski definition) is 2. The van der Waals surface area contributed by atoms with Crippen molar-refractivity contribution < 1.29 is 9.59 Å². The van der Waals surface area contributed by atoms with Crippen LogP contribution in [0.15, 0.2) is 42.5 Å². The fourth-order valence-corrected chi connectivity index (χ4v) is 2.52. The Kier molecular flexibility index (Phi) is 5.53. The van der Waals surface area contributed by atoms with Crippen LogP contribution in [-0.2, 0) is 0 Å². The number of nitrogens with one attached hydrogen (secondary N) is 1. The van der Waals surface area contributed by atoms with E-state index in [9.17, 15) is 9.59 Å². The van der Waals surface area contributed by atoms with Gasteiger partial charge in [0.2, 0.25) is 0 Å². The second-order valence-corrected chi connectivity index (χ2v) is 7.44. The fraction of sp³-hybridized carbons (Fsp3) is 0.300. The molecule has 2 rings (SSSR count). The van der Waals surface area contributed by atoms with Gasteiger partial charge in [0.1, 0.15) is 0 Å². The van der Waals surface area contributed by atoms with Crippen molar-refractivity contribution in [2.75, 3.05) is 0 Å². The summed E-state index contributed by atoms with van der Waals surface area (Å²) >= 11 is 5.86. The molecule has 0 fully saturated rings. The Morgan fingerprint density at radius 3 is 2.16 bits per heavy atom. The van der Waals surface area contributed by atoms with Crippen LogP contribution in [-0.4, -0.2) is 22.4 Å². The van der Waals surface area contributed by atoms with Crippen molar-refractivity contribution in [3.63, 3.8) is 0 Å². The number of rotatable bonds is 2. The van der Waals surface area contributed by atoms with E-state index in [-0.39, 0.29) is 11.8 Å². The van der Waals surface area contributed by atoms with Crippen molar-refractivity contribution in [3.05, 3.63) is 69.7 Å². The van der Waals surface area contributed by atoms with Gasteiger partial charge in [-0.3, -0.25) is 15.0 Å². The molecule has 0 saturated carbocycles. The molecule has 0 aliphatic rings. The molecule has 5 heteroatoms. The highest BCUT2D eigenvalue weighted by atomic mass is 35.5. The van der Waals surface area contributed by atoms with Crippen molar-refractivity contribution in [2.24, 2.45) is 0 Å². The van der Waals surface area contributed by atoms with Gasteiger partial charge in [0.25, 0.3) is 11.8 Å². The molecule has 1 N–H and O–H groups in total. The zero-order valence-corrected chi connectivity index (χ0v) is 15.9. The lowest BCUT2D eigenvalue weighted by molar-refractivity contribution is 0.0358. The van der Waals surface area contributed by atoms with Crippen LogP contribution in [0.25, 0.3) is 0 Å². The highest BCUT2D eigenvalue weighted by molar-refractivity contribution is 6.30. The molecule has 2 aromatic rings. The normalized spacial score (nSPS) is 11.1. The van der Waals surface area contributed by atoms with Crippen molar-refractivity contribution >= 4 is 23.4 Å². The molecular formula is C20H23ClN2O2. The summed E-state index contributed by atoms with van der Waals surface area (Å²) in [6.07, 6.45) is 0. The van der Waals surface area contributed by atoms with Crippen LogP contribution in [0.3, 0.4) is 0 Å². The Hall–Kier alpha value is -2.33. The molecule has 4 nitrogen and oxygen atoms in total. The first kappa shape index (κ1) is 19.0. The lowest BCUT2D eigenvalue weighted by Crippen LogP contribution is -2.56. The van der Waals surface area contributed by atoms with Gasteiger partial charge in [-0.25, -0.2) is 5.01 Å². The number of nitrogens with zero attached hydrogens (tertiary/aromatic N) is 1. The maximum absolute atomic E-state index is 13.1. The van der Waals surface area contributed by atoms with Crippen molar-refractivity contribution in [2.45, 2.75) is 40.2 Å². The smallest absolute Gasteiger partial charge is 0.267 e. The van der Waals surface area contributed by atoms with Crippen LogP contribution in [0.2, 0.25) is 5.02 Å². The zero-order valence-electron chi connectivity index (χ0n) is 15.2. The number of carbonyl (C=O) groups is 2. The SMILES string of the molecule is Cc1cccc(C(=O)N(NC(=O)c2ccc(Cl)cc2)C(C)(C)C)c1C. The third-order valence-electron chi connectivity index (χ3n) is 4.03. The Morgan fingerprint density at radius 1 is 1.00 bits per heavy atom. The van der Waals surface area contributed by atoms with Gasteiger partial charge < -0.3 is 0 Å². The van der Waals surface area contributed by atoms with E-state index < -0.39 is 5.54 Å². The number of hydrogen-bond donors (Lipinski definition) is 1. The fourth-order valence-electron chi connectivity index (χ4n) is 2.39. The molecule has 0 aliphatic heterocycles. The Bertz CT molecular complexity index is 792. The minimum Gasteiger partial charge on any atom is -0.267 e. The first-order valence-electron chi connectivity index (χ1n) is 8.08. The first-order chi connectivity index (χ1) is 11.6. The minimum atomic E-state index is -0.588. The van der Waals surface area contributed by atoms with E-state index in [0.717, 1.165) is 11.1 Å². The molecule has 132 valence electrons. The summed E-state index contributed by atoms with van der Waals surface area (Å²) in [6.45, 7) is 9.48.